The lowest BCUT2D eigenvalue weighted by molar-refractivity contribution is 0.0956. The first-order chi connectivity index (χ1) is 13.9. The highest BCUT2D eigenvalue weighted by Gasteiger charge is 2.21. The van der Waals surface area contributed by atoms with E-state index in [1.54, 1.807) is 12.1 Å². The van der Waals surface area contributed by atoms with Crippen LogP contribution in [0.4, 0.5) is 5.69 Å². The summed E-state index contributed by atoms with van der Waals surface area (Å²) in [6.45, 7) is 2.36. The van der Waals surface area contributed by atoms with Gasteiger partial charge in [0.2, 0.25) is 0 Å². The average Bonchev–Trinajstić information content (AvgIpc) is 3.20. The number of nitrogens with one attached hydrogen (secondary N) is 2. The smallest absolute Gasteiger partial charge is 0.263 e. The molecule has 2 aromatic carbocycles. The van der Waals surface area contributed by atoms with Gasteiger partial charge in [0, 0.05) is 23.1 Å². The lowest BCUT2D eigenvalue weighted by Gasteiger charge is -2.13. The van der Waals surface area contributed by atoms with Crippen LogP contribution in [0.1, 0.15) is 41.6 Å². The molecular formula is C21H25ClN2O3S2. The third-order valence-electron chi connectivity index (χ3n) is 4.92. The van der Waals surface area contributed by atoms with Gasteiger partial charge in [0.25, 0.3) is 15.9 Å². The van der Waals surface area contributed by atoms with E-state index < -0.39 is 10.0 Å². The average molecular weight is 453 g/mol. The van der Waals surface area contributed by atoms with Gasteiger partial charge >= 0.3 is 0 Å². The van der Waals surface area contributed by atoms with E-state index in [4.69, 9.17) is 11.6 Å². The predicted octanol–water partition coefficient (Wildman–Crippen LogP) is 4.85. The topological polar surface area (TPSA) is 75.3 Å². The Kier molecular flexibility index (Phi) is 7.49. The fraction of sp³-hybridized carbons (Fsp3) is 0.381. The van der Waals surface area contributed by atoms with Crippen molar-refractivity contribution < 1.29 is 13.2 Å². The minimum atomic E-state index is -3.92. The van der Waals surface area contributed by atoms with Crippen LogP contribution >= 0.6 is 23.4 Å². The summed E-state index contributed by atoms with van der Waals surface area (Å²) in [4.78, 5) is 12.3. The molecule has 0 heterocycles. The van der Waals surface area contributed by atoms with Crippen LogP contribution in [0, 0.1) is 6.92 Å². The Labute approximate surface area is 181 Å². The molecule has 0 saturated heterocycles. The van der Waals surface area contributed by atoms with Crippen molar-refractivity contribution in [2.24, 2.45) is 0 Å². The quantitative estimate of drug-likeness (QED) is 0.561. The minimum Gasteiger partial charge on any atom is -0.351 e. The zero-order valence-electron chi connectivity index (χ0n) is 16.3. The Morgan fingerprint density at radius 2 is 1.90 bits per heavy atom. The summed E-state index contributed by atoms with van der Waals surface area (Å²) in [6.07, 6.45) is 5.10. The SMILES string of the molecule is Cc1ccccc1NS(=O)(=O)c1cc(C(=O)NCCSC2CCCC2)ccc1Cl. The Morgan fingerprint density at radius 3 is 2.62 bits per heavy atom. The van der Waals surface area contributed by atoms with Gasteiger partial charge in [-0.25, -0.2) is 8.42 Å². The third kappa shape index (κ3) is 5.90. The summed E-state index contributed by atoms with van der Waals surface area (Å²) in [5.74, 6) is 0.547. The molecule has 5 nitrogen and oxygen atoms in total. The fourth-order valence-electron chi connectivity index (χ4n) is 3.28. The van der Waals surface area contributed by atoms with Crippen LogP contribution in [0.2, 0.25) is 5.02 Å². The number of para-hydroxylation sites is 1. The first kappa shape index (κ1) is 22.0. The van der Waals surface area contributed by atoms with Crippen LogP contribution < -0.4 is 10.0 Å². The highest BCUT2D eigenvalue weighted by molar-refractivity contribution is 7.99. The number of sulfonamides is 1. The van der Waals surface area contributed by atoms with Crippen molar-refractivity contribution in [1.82, 2.24) is 5.32 Å². The Balaban J connectivity index is 1.66. The number of anilines is 1. The van der Waals surface area contributed by atoms with E-state index in [1.807, 2.05) is 30.8 Å². The maximum atomic E-state index is 12.8. The molecule has 0 bridgehead atoms. The van der Waals surface area contributed by atoms with Crippen molar-refractivity contribution in [3.8, 4) is 0 Å². The van der Waals surface area contributed by atoms with E-state index >= 15 is 0 Å². The van der Waals surface area contributed by atoms with E-state index in [0.717, 1.165) is 11.3 Å². The molecule has 3 rings (SSSR count). The van der Waals surface area contributed by atoms with Crippen molar-refractivity contribution in [2.45, 2.75) is 42.8 Å². The molecule has 1 fully saturated rings. The second-order valence-electron chi connectivity index (χ2n) is 7.10. The molecule has 1 aliphatic carbocycles. The molecule has 0 radical (unpaired) electrons. The molecule has 2 aromatic rings. The van der Waals surface area contributed by atoms with Crippen molar-refractivity contribution in [1.29, 1.82) is 0 Å². The Hall–Kier alpha value is -1.70. The van der Waals surface area contributed by atoms with Gasteiger partial charge in [-0.2, -0.15) is 11.8 Å². The van der Waals surface area contributed by atoms with Crippen LogP contribution in [0.25, 0.3) is 0 Å². The third-order valence-corrected chi connectivity index (χ3v) is 8.15. The number of hydrogen-bond donors (Lipinski definition) is 2. The molecular weight excluding hydrogens is 428 g/mol. The predicted molar refractivity (Wildman–Crippen MR) is 120 cm³/mol. The molecule has 1 saturated carbocycles. The second kappa shape index (κ2) is 9.87. The van der Waals surface area contributed by atoms with Crippen LogP contribution in [0.15, 0.2) is 47.4 Å². The van der Waals surface area contributed by atoms with E-state index in [2.05, 4.69) is 10.0 Å². The van der Waals surface area contributed by atoms with Gasteiger partial charge in [0.15, 0.2) is 0 Å². The second-order valence-corrected chi connectivity index (χ2v) is 10.6. The lowest BCUT2D eigenvalue weighted by atomic mass is 10.2. The highest BCUT2D eigenvalue weighted by atomic mass is 35.5. The number of halogens is 1. The molecule has 29 heavy (non-hydrogen) atoms. The van der Waals surface area contributed by atoms with Gasteiger partial charge in [-0.3, -0.25) is 9.52 Å². The van der Waals surface area contributed by atoms with Gasteiger partial charge < -0.3 is 5.32 Å². The molecule has 8 heteroatoms. The Morgan fingerprint density at radius 1 is 1.17 bits per heavy atom. The summed E-state index contributed by atoms with van der Waals surface area (Å²) >= 11 is 8.03. The summed E-state index contributed by atoms with van der Waals surface area (Å²) < 4.78 is 28.2. The minimum absolute atomic E-state index is 0.0689. The van der Waals surface area contributed by atoms with Crippen LogP contribution in [-0.4, -0.2) is 31.9 Å². The normalized spacial score (nSPS) is 14.7. The number of amides is 1. The Bertz CT molecular complexity index is 974. The van der Waals surface area contributed by atoms with Crippen LogP contribution in [0.5, 0.6) is 0 Å². The summed E-state index contributed by atoms with van der Waals surface area (Å²) in [5, 5.41) is 3.63. The number of aryl methyl sites for hydroxylation is 1. The van der Waals surface area contributed by atoms with Gasteiger partial charge in [0.05, 0.1) is 10.7 Å². The zero-order chi connectivity index (χ0) is 20.9. The largest absolute Gasteiger partial charge is 0.351 e. The molecule has 1 aliphatic rings. The summed E-state index contributed by atoms with van der Waals surface area (Å²) in [5.41, 5.74) is 1.54. The van der Waals surface area contributed by atoms with E-state index in [9.17, 15) is 13.2 Å². The van der Waals surface area contributed by atoms with Crippen LogP contribution in [0.3, 0.4) is 0 Å². The summed E-state index contributed by atoms with van der Waals surface area (Å²) in [6, 6.07) is 11.4. The molecule has 0 aliphatic heterocycles. The lowest BCUT2D eigenvalue weighted by Crippen LogP contribution is -2.26. The van der Waals surface area contributed by atoms with Gasteiger partial charge in [-0.1, -0.05) is 42.6 Å². The zero-order valence-corrected chi connectivity index (χ0v) is 18.7. The van der Waals surface area contributed by atoms with E-state index in [1.165, 1.54) is 43.9 Å². The van der Waals surface area contributed by atoms with E-state index in [0.29, 0.717) is 17.5 Å². The number of benzene rings is 2. The van der Waals surface area contributed by atoms with Gasteiger partial charge in [0.1, 0.15) is 4.90 Å². The number of carbonyl (C=O) groups excluding carboxylic acids is 1. The summed E-state index contributed by atoms with van der Waals surface area (Å²) in [7, 11) is -3.92. The van der Waals surface area contributed by atoms with Crippen LogP contribution in [-0.2, 0) is 10.0 Å². The van der Waals surface area contributed by atoms with Crippen molar-refractivity contribution >= 4 is 45.0 Å². The number of carbonyl (C=O) groups is 1. The monoisotopic (exact) mass is 452 g/mol. The molecule has 2 N–H and O–H groups in total. The van der Waals surface area contributed by atoms with Crippen molar-refractivity contribution in [2.75, 3.05) is 17.0 Å². The highest BCUT2D eigenvalue weighted by Crippen LogP contribution is 2.29. The molecule has 0 atom stereocenters. The van der Waals surface area contributed by atoms with Gasteiger partial charge in [-0.15, -0.1) is 0 Å². The molecule has 1 amide bonds. The molecule has 0 spiro atoms. The van der Waals surface area contributed by atoms with E-state index in [-0.39, 0.29) is 21.4 Å². The van der Waals surface area contributed by atoms with Gasteiger partial charge in [-0.05, 0) is 49.6 Å². The number of rotatable bonds is 8. The molecule has 0 aromatic heterocycles. The van der Waals surface area contributed by atoms with Crippen molar-refractivity contribution in [3.05, 3.63) is 58.6 Å². The maximum absolute atomic E-state index is 12.8. The van der Waals surface area contributed by atoms with Crippen molar-refractivity contribution in [3.63, 3.8) is 0 Å². The number of thioether (sulfide) groups is 1. The standard InChI is InChI=1S/C21H25ClN2O3S2/c1-15-6-2-5-9-19(15)24-29(26,27)20-14-16(10-11-18(20)22)21(25)23-12-13-28-17-7-3-4-8-17/h2,5-6,9-11,14,17,24H,3-4,7-8,12-13H2,1H3,(H,23,25). The first-order valence-electron chi connectivity index (χ1n) is 9.64. The molecule has 156 valence electrons. The molecule has 0 unspecified atom stereocenters. The maximum Gasteiger partial charge on any atom is 0.263 e. The first-order valence-corrected chi connectivity index (χ1v) is 12.6. The fourth-order valence-corrected chi connectivity index (χ4v) is 6.16. The number of hydrogen-bond acceptors (Lipinski definition) is 4.